The van der Waals surface area contributed by atoms with Gasteiger partial charge in [-0.25, -0.2) is 0 Å². The van der Waals surface area contributed by atoms with Crippen LogP contribution in [-0.2, 0) is 18.7 Å². The lowest BCUT2D eigenvalue weighted by molar-refractivity contribution is -0.143. The molecule has 4 atom stereocenters. The van der Waals surface area contributed by atoms with Crippen LogP contribution >= 0.6 is 22.6 Å². The lowest BCUT2D eigenvalue weighted by Crippen LogP contribution is -2.66. The number of benzene rings is 3. The maximum absolute atomic E-state index is 14.7. The van der Waals surface area contributed by atoms with E-state index >= 15 is 0 Å². The number of imide groups is 1. The molecule has 3 fully saturated rings. The van der Waals surface area contributed by atoms with Crippen molar-refractivity contribution >= 4 is 71.9 Å². The van der Waals surface area contributed by atoms with Crippen LogP contribution in [-0.4, -0.2) is 73.1 Å². The summed E-state index contributed by atoms with van der Waals surface area (Å²) in [5.41, 5.74) is 4.59. The smallest absolute Gasteiger partial charge is 0.455 e. The topological polar surface area (TPSA) is 118 Å². The van der Waals surface area contributed by atoms with E-state index in [0.717, 1.165) is 70.5 Å². The van der Waals surface area contributed by atoms with Crippen molar-refractivity contribution in [3.8, 4) is 11.5 Å². The lowest BCUT2D eigenvalue weighted by Gasteiger charge is -2.46. The molecule has 318 valence electrons. The van der Waals surface area contributed by atoms with Crippen LogP contribution in [0.1, 0.15) is 83.4 Å². The largest absolute Gasteiger partial charge is 0.504 e. The molecule has 1 saturated carbocycles. The highest BCUT2D eigenvalue weighted by molar-refractivity contribution is 14.1. The van der Waals surface area contributed by atoms with Gasteiger partial charge in [-0.05, 0) is 135 Å². The van der Waals surface area contributed by atoms with Crippen molar-refractivity contribution < 1.29 is 33.5 Å². The number of carbonyl (C=O) groups is 2. The summed E-state index contributed by atoms with van der Waals surface area (Å²) in [5, 5.41) is 24.2. The Balaban J connectivity index is 1.22. The Hall–Kier alpha value is -4.08. The number of halogens is 1. The summed E-state index contributed by atoms with van der Waals surface area (Å²) < 4.78 is 20.3. The van der Waals surface area contributed by atoms with Crippen LogP contribution in [0.15, 0.2) is 108 Å². The van der Waals surface area contributed by atoms with Gasteiger partial charge in [-0.15, -0.1) is 0 Å². The van der Waals surface area contributed by atoms with E-state index in [4.69, 9.17) is 18.8 Å². The van der Waals surface area contributed by atoms with Gasteiger partial charge in [-0.1, -0.05) is 107 Å². The van der Waals surface area contributed by atoms with E-state index in [1.54, 1.807) is 11.1 Å². The first-order chi connectivity index (χ1) is 29.4. The molecule has 2 N–H and O–H groups in total. The molecule has 0 bridgehead atoms. The van der Waals surface area contributed by atoms with Crippen molar-refractivity contribution in [3.63, 3.8) is 0 Å². The molecule has 3 aromatic carbocycles. The number of fused-ring (bicyclic) bond motifs is 3. The quantitative estimate of drug-likeness (QED) is 0.0630. The Bertz CT molecular complexity index is 2240. The van der Waals surface area contributed by atoms with Gasteiger partial charge in [0.2, 0.25) is 11.8 Å². The predicted octanol–water partition coefficient (Wildman–Crippen LogP) is 8.43. The number of amides is 2. The number of aromatic hydroxyl groups is 1. The Labute approximate surface area is 375 Å². The third kappa shape index (κ3) is 8.55. The molecule has 4 aliphatic rings. The molecule has 9 nitrogen and oxygen atoms in total. The van der Waals surface area contributed by atoms with Crippen molar-refractivity contribution in [1.82, 2.24) is 9.88 Å². The van der Waals surface area contributed by atoms with E-state index in [9.17, 15) is 19.7 Å². The average molecular weight is 951 g/mol. The van der Waals surface area contributed by atoms with Crippen LogP contribution in [0.5, 0.6) is 11.5 Å². The summed E-state index contributed by atoms with van der Waals surface area (Å²) in [7, 11) is -2.57. The number of phenols is 1. The molecule has 0 radical (unpaired) electrons. The maximum Gasteiger partial charge on any atom is 0.455 e. The number of aromatic nitrogens is 1. The number of rotatable bonds is 12. The van der Waals surface area contributed by atoms with Crippen LogP contribution in [0, 0.1) is 21.3 Å². The number of carbonyl (C=O) groups excluding carboxylic acids is 2. The number of likely N-dealkylation sites (tertiary alicyclic amines) is 1. The summed E-state index contributed by atoms with van der Waals surface area (Å²) in [4.78, 5) is 35.6. The van der Waals surface area contributed by atoms with Gasteiger partial charge in [0.05, 0.1) is 40.9 Å². The molecule has 0 unspecified atom stereocenters. The van der Waals surface area contributed by atoms with E-state index in [0.29, 0.717) is 28.6 Å². The zero-order valence-corrected chi connectivity index (χ0v) is 38.7. The third-order valence-electron chi connectivity index (χ3n) is 13.4. The third-order valence-corrected chi connectivity index (χ3v) is 19.2. The molecule has 8 rings (SSSR count). The van der Waals surface area contributed by atoms with Crippen molar-refractivity contribution in [2.24, 2.45) is 17.8 Å². The Morgan fingerprint density at radius 3 is 2.25 bits per heavy atom. The van der Waals surface area contributed by atoms with Gasteiger partial charge in [0.25, 0.3) is 8.32 Å². The summed E-state index contributed by atoms with van der Waals surface area (Å²) in [6, 6.07) is 30.6. The zero-order chi connectivity index (χ0) is 42.9. The van der Waals surface area contributed by atoms with Gasteiger partial charge >= 0.3 is 7.12 Å². The average Bonchev–Trinajstić information content (AvgIpc) is 3.52. The normalized spacial score (nSPS) is 22.7. The fraction of sp³-hybridized carbons (Fsp3) is 0.408. The number of allylic oxidation sites excluding steroid dienone is 1. The minimum absolute atomic E-state index is 0.0687. The molecule has 2 aliphatic carbocycles. The molecule has 1 aromatic heterocycles. The van der Waals surface area contributed by atoms with Crippen molar-refractivity contribution in [1.29, 1.82) is 0 Å². The van der Waals surface area contributed by atoms with Crippen LogP contribution in [0.4, 0.5) is 0 Å². The monoisotopic (exact) mass is 950 g/mol. The van der Waals surface area contributed by atoms with Crippen LogP contribution < -0.4 is 15.1 Å². The van der Waals surface area contributed by atoms with Gasteiger partial charge in [-0.2, -0.15) is 0 Å². The van der Waals surface area contributed by atoms with E-state index in [2.05, 4.69) is 98.0 Å². The molecule has 2 amide bonds. The SMILES string of the molecule is COc1cc(/C=C(/CC[C@H]2OB(O)C[C@H]3C2=C(CO[Si](c2ccccc2)(c2ccccc2)C(C)(C)C)C[C@H]2C(=O)N(C4CCCCC4)C(=O)[C@H]23)c2ccccn2)cc(I)c1O. The first-order valence-corrected chi connectivity index (χ1v) is 24.8. The summed E-state index contributed by atoms with van der Waals surface area (Å²) in [6.45, 7) is 7.06. The highest BCUT2D eigenvalue weighted by Gasteiger charge is 2.59. The molecule has 2 aliphatic heterocycles. The second kappa shape index (κ2) is 18.3. The number of methoxy groups -OCH3 is 1. The molecule has 2 saturated heterocycles. The highest BCUT2D eigenvalue weighted by atomic mass is 127. The van der Waals surface area contributed by atoms with Crippen LogP contribution in [0.3, 0.4) is 0 Å². The minimum atomic E-state index is -3.00. The van der Waals surface area contributed by atoms with Crippen molar-refractivity contribution in [2.75, 3.05) is 13.7 Å². The molecule has 4 aromatic rings. The van der Waals surface area contributed by atoms with Gasteiger partial charge in [0, 0.05) is 12.2 Å². The first-order valence-electron chi connectivity index (χ1n) is 21.8. The summed E-state index contributed by atoms with van der Waals surface area (Å²) in [6.07, 6.45) is 9.79. The van der Waals surface area contributed by atoms with Gasteiger partial charge < -0.3 is 23.9 Å². The lowest BCUT2D eigenvalue weighted by atomic mass is 9.58. The number of nitrogens with zero attached hydrogens (tertiary/aromatic N) is 2. The number of ether oxygens (including phenoxy) is 1. The fourth-order valence-corrected chi connectivity index (χ4v) is 15.9. The van der Waals surface area contributed by atoms with E-state index in [1.165, 1.54) is 7.11 Å². The standard InChI is InChI=1S/C49H56BIN2O7Si/c1-49(2,3)61(36-18-10-6-11-19-36,37-20-12-7-13-21-37)59-31-34-29-38-45(48(56)53(47(38)55)35-16-8-5-9-17-35)39-30-50(57)60-42(44(34)39)24-23-33(41-22-14-15-25-52-41)26-32-27-40(51)46(54)43(28-32)58-4/h6-7,10-15,18-22,25-28,35,38-39,42,45,54,57H,5,8-9,16-17,23-24,29-31H2,1-4H3/b33-26-/t38-,39+,42-,45-/m1/s1. The second-order valence-corrected chi connectivity index (χ2v) is 23.6. The molecule has 61 heavy (non-hydrogen) atoms. The fourth-order valence-electron chi connectivity index (χ4n) is 10.7. The molecule has 0 spiro atoms. The van der Waals surface area contributed by atoms with E-state index in [1.807, 2.05) is 42.5 Å². The second-order valence-electron chi connectivity index (χ2n) is 18.1. The Kier molecular flexibility index (Phi) is 13.1. The number of pyridine rings is 1. The Morgan fingerprint density at radius 2 is 1.62 bits per heavy atom. The van der Waals surface area contributed by atoms with Gasteiger partial charge in [0.1, 0.15) is 0 Å². The van der Waals surface area contributed by atoms with Crippen molar-refractivity contribution in [3.05, 3.63) is 123 Å². The zero-order valence-electron chi connectivity index (χ0n) is 35.6. The molecule has 3 heterocycles. The van der Waals surface area contributed by atoms with E-state index in [-0.39, 0.29) is 47.5 Å². The minimum Gasteiger partial charge on any atom is -0.504 e. The number of hydrogen-bond acceptors (Lipinski definition) is 8. The molecular weight excluding hydrogens is 894 g/mol. The number of phenolic OH excluding ortho intramolecular Hbond substituents is 1. The van der Waals surface area contributed by atoms with Gasteiger partial charge in [-0.3, -0.25) is 19.5 Å². The Morgan fingerprint density at radius 1 is 0.951 bits per heavy atom. The van der Waals surface area contributed by atoms with Gasteiger partial charge in [0.15, 0.2) is 11.5 Å². The van der Waals surface area contributed by atoms with Crippen LogP contribution in [0.25, 0.3) is 11.6 Å². The van der Waals surface area contributed by atoms with Crippen molar-refractivity contribution in [2.45, 2.75) is 95.6 Å². The number of hydrogen-bond donors (Lipinski definition) is 2. The summed E-state index contributed by atoms with van der Waals surface area (Å²) >= 11 is 2.10. The molecular formula is C49H56BIN2O7Si. The maximum atomic E-state index is 14.7. The predicted molar refractivity (Wildman–Crippen MR) is 251 cm³/mol. The highest BCUT2D eigenvalue weighted by Crippen LogP contribution is 2.52. The summed E-state index contributed by atoms with van der Waals surface area (Å²) in [5.74, 6) is -1.13. The first kappa shape index (κ1) is 43.6. The van der Waals surface area contributed by atoms with Crippen LogP contribution in [0.2, 0.25) is 11.4 Å². The molecule has 12 heteroatoms. The van der Waals surface area contributed by atoms with E-state index < -0.39 is 33.4 Å².